The number of halogens is 3. The van der Waals surface area contributed by atoms with Gasteiger partial charge in [-0.1, -0.05) is 34.8 Å². The molecule has 0 aliphatic carbocycles. The van der Waals surface area contributed by atoms with Gasteiger partial charge in [-0.3, -0.25) is 9.10 Å². The van der Waals surface area contributed by atoms with E-state index in [0.717, 1.165) is 27.6 Å². The van der Waals surface area contributed by atoms with Crippen molar-refractivity contribution in [2.45, 2.75) is 11.3 Å². The number of carbonyl (C=O) groups excluding carboxylic acids is 1. The average molecular weight is 482 g/mol. The molecule has 0 saturated heterocycles. The van der Waals surface area contributed by atoms with Gasteiger partial charge >= 0.3 is 0 Å². The van der Waals surface area contributed by atoms with Crippen molar-refractivity contribution in [2.75, 3.05) is 29.4 Å². The van der Waals surface area contributed by atoms with Gasteiger partial charge in [-0.05, 0) is 54.6 Å². The molecule has 1 N–H and O–H groups in total. The molecule has 0 spiro atoms. The molecule has 2 rings (SSSR count). The van der Waals surface area contributed by atoms with E-state index in [0.29, 0.717) is 16.6 Å². The highest BCUT2D eigenvalue weighted by molar-refractivity contribution is 7.99. The molecule has 28 heavy (non-hydrogen) atoms. The topological polar surface area (TPSA) is 66.5 Å². The summed E-state index contributed by atoms with van der Waals surface area (Å²) >= 11 is 19.5. The first-order valence-electron chi connectivity index (χ1n) is 8.24. The molecule has 0 fully saturated rings. The van der Waals surface area contributed by atoms with Crippen LogP contribution in [-0.4, -0.2) is 39.4 Å². The van der Waals surface area contributed by atoms with Crippen molar-refractivity contribution in [3.8, 4) is 0 Å². The Balaban J connectivity index is 1.86. The molecule has 2 aromatic carbocycles. The Labute approximate surface area is 184 Å². The van der Waals surface area contributed by atoms with Crippen molar-refractivity contribution in [3.05, 3.63) is 57.5 Å². The van der Waals surface area contributed by atoms with Crippen LogP contribution in [0, 0.1) is 0 Å². The Bertz CT molecular complexity index is 922. The molecule has 0 unspecified atom stereocenters. The molecule has 0 atom stereocenters. The Kier molecular flexibility index (Phi) is 8.77. The molecular formula is C18H19Cl3N2O3S2. The zero-order valence-electron chi connectivity index (χ0n) is 15.0. The number of carbonyl (C=O) groups is 1. The number of hydrogen-bond acceptors (Lipinski definition) is 4. The van der Waals surface area contributed by atoms with Gasteiger partial charge in [-0.15, -0.1) is 11.8 Å². The van der Waals surface area contributed by atoms with E-state index in [9.17, 15) is 13.2 Å². The number of hydrogen-bond donors (Lipinski definition) is 1. The highest BCUT2D eigenvalue weighted by Gasteiger charge is 2.23. The molecular weight excluding hydrogens is 463 g/mol. The third-order valence-corrected chi connectivity index (χ3v) is 6.62. The van der Waals surface area contributed by atoms with Crippen molar-refractivity contribution >= 4 is 68.2 Å². The minimum atomic E-state index is -3.71. The molecule has 0 heterocycles. The number of benzene rings is 2. The molecule has 2 aromatic rings. The quantitative estimate of drug-likeness (QED) is 0.416. The van der Waals surface area contributed by atoms with Crippen LogP contribution in [-0.2, 0) is 14.8 Å². The maximum absolute atomic E-state index is 12.2. The molecule has 0 aliphatic rings. The maximum atomic E-state index is 12.2. The molecule has 0 aliphatic heterocycles. The van der Waals surface area contributed by atoms with Gasteiger partial charge in [0.2, 0.25) is 15.9 Å². The summed E-state index contributed by atoms with van der Waals surface area (Å²) in [6.45, 7) is 0.0591. The van der Waals surface area contributed by atoms with Gasteiger partial charge in [0, 0.05) is 21.5 Å². The minimum absolute atomic E-state index is 0.171. The Morgan fingerprint density at radius 1 is 1.07 bits per heavy atom. The molecule has 0 radical (unpaired) electrons. The first kappa shape index (κ1) is 23.2. The predicted octanol–water partition coefficient (Wildman–Crippen LogP) is 4.71. The van der Waals surface area contributed by atoms with Crippen molar-refractivity contribution < 1.29 is 13.2 Å². The smallest absolute Gasteiger partial charge is 0.240 e. The SMILES string of the molecule is CS(=O)(=O)N(CC(=O)NCCCSc1ccc(Cl)cc1)c1cc(Cl)ccc1Cl. The van der Waals surface area contributed by atoms with Crippen LogP contribution >= 0.6 is 46.6 Å². The predicted molar refractivity (Wildman–Crippen MR) is 118 cm³/mol. The summed E-state index contributed by atoms with van der Waals surface area (Å²) < 4.78 is 25.2. The van der Waals surface area contributed by atoms with E-state index < -0.39 is 15.9 Å². The van der Waals surface area contributed by atoms with Gasteiger partial charge < -0.3 is 5.32 Å². The van der Waals surface area contributed by atoms with Gasteiger partial charge in [0.05, 0.1) is 17.0 Å². The van der Waals surface area contributed by atoms with Crippen molar-refractivity contribution in [3.63, 3.8) is 0 Å². The number of anilines is 1. The summed E-state index contributed by atoms with van der Waals surface area (Å²) in [5.74, 6) is 0.385. The highest BCUT2D eigenvalue weighted by Crippen LogP contribution is 2.30. The zero-order valence-corrected chi connectivity index (χ0v) is 18.9. The molecule has 0 bridgehead atoms. The summed E-state index contributed by atoms with van der Waals surface area (Å²) in [5, 5.41) is 3.94. The second-order valence-electron chi connectivity index (χ2n) is 5.87. The van der Waals surface area contributed by atoms with Crippen molar-refractivity contribution in [2.24, 2.45) is 0 Å². The number of thioether (sulfide) groups is 1. The van der Waals surface area contributed by atoms with Crippen LogP contribution in [0.25, 0.3) is 0 Å². The van der Waals surface area contributed by atoms with E-state index in [4.69, 9.17) is 34.8 Å². The maximum Gasteiger partial charge on any atom is 0.240 e. The van der Waals surface area contributed by atoms with Gasteiger partial charge in [-0.2, -0.15) is 0 Å². The second kappa shape index (κ2) is 10.6. The van der Waals surface area contributed by atoms with Crippen LogP contribution in [0.2, 0.25) is 15.1 Å². The van der Waals surface area contributed by atoms with E-state index in [2.05, 4.69) is 5.32 Å². The fraction of sp³-hybridized carbons (Fsp3) is 0.278. The summed E-state index contributed by atoms with van der Waals surface area (Å²) in [6.07, 6.45) is 1.75. The number of sulfonamides is 1. The standard InChI is InChI=1S/C18H19Cl3N2O3S2/c1-28(25,26)23(17-11-14(20)5-8-16(17)21)12-18(24)22-9-2-10-27-15-6-3-13(19)4-7-15/h3-8,11H,2,9-10,12H2,1H3,(H,22,24). The number of nitrogens with zero attached hydrogens (tertiary/aromatic N) is 1. The van der Waals surface area contributed by atoms with Crippen LogP contribution in [0.3, 0.4) is 0 Å². The lowest BCUT2D eigenvalue weighted by atomic mass is 10.3. The average Bonchev–Trinajstić information content (AvgIpc) is 2.62. The van der Waals surface area contributed by atoms with Gasteiger partial charge in [0.15, 0.2) is 0 Å². The monoisotopic (exact) mass is 480 g/mol. The lowest BCUT2D eigenvalue weighted by Gasteiger charge is -2.23. The normalized spacial score (nSPS) is 11.3. The molecule has 10 heteroatoms. The zero-order chi connectivity index (χ0) is 20.7. The summed E-state index contributed by atoms with van der Waals surface area (Å²) in [6, 6.07) is 12.0. The first-order valence-corrected chi connectivity index (χ1v) is 12.2. The van der Waals surface area contributed by atoms with Crippen LogP contribution in [0.5, 0.6) is 0 Å². The third kappa shape index (κ3) is 7.37. The molecule has 5 nitrogen and oxygen atoms in total. The van der Waals surface area contributed by atoms with E-state index in [-0.39, 0.29) is 17.3 Å². The Morgan fingerprint density at radius 3 is 2.36 bits per heavy atom. The van der Waals surface area contributed by atoms with Crippen LogP contribution < -0.4 is 9.62 Å². The van der Waals surface area contributed by atoms with Gasteiger partial charge in [0.25, 0.3) is 0 Å². The van der Waals surface area contributed by atoms with Crippen LogP contribution in [0.15, 0.2) is 47.4 Å². The Hall–Kier alpha value is -1.12. The third-order valence-electron chi connectivity index (χ3n) is 3.59. The highest BCUT2D eigenvalue weighted by atomic mass is 35.5. The first-order chi connectivity index (χ1) is 13.2. The fourth-order valence-corrected chi connectivity index (χ4v) is 4.54. The number of nitrogens with one attached hydrogen (secondary N) is 1. The second-order valence-corrected chi connectivity index (χ2v) is 10.2. The van der Waals surface area contributed by atoms with Crippen molar-refractivity contribution in [1.82, 2.24) is 5.32 Å². The molecule has 152 valence electrons. The molecule has 0 aromatic heterocycles. The summed E-state index contributed by atoms with van der Waals surface area (Å²) in [4.78, 5) is 13.3. The lowest BCUT2D eigenvalue weighted by molar-refractivity contribution is -0.119. The minimum Gasteiger partial charge on any atom is -0.354 e. The number of rotatable bonds is 9. The molecule has 0 saturated carbocycles. The van der Waals surface area contributed by atoms with Gasteiger partial charge in [-0.25, -0.2) is 8.42 Å². The van der Waals surface area contributed by atoms with Crippen LogP contribution in [0.4, 0.5) is 5.69 Å². The van der Waals surface area contributed by atoms with E-state index in [1.807, 2.05) is 24.3 Å². The van der Waals surface area contributed by atoms with Crippen molar-refractivity contribution in [1.29, 1.82) is 0 Å². The summed E-state index contributed by atoms with van der Waals surface area (Å²) in [7, 11) is -3.71. The number of amides is 1. The fourth-order valence-electron chi connectivity index (χ4n) is 2.27. The van der Waals surface area contributed by atoms with Gasteiger partial charge in [0.1, 0.15) is 6.54 Å². The van der Waals surface area contributed by atoms with E-state index >= 15 is 0 Å². The molecule has 1 amide bonds. The largest absolute Gasteiger partial charge is 0.354 e. The van der Waals surface area contributed by atoms with Crippen LogP contribution in [0.1, 0.15) is 6.42 Å². The summed E-state index contributed by atoms with van der Waals surface area (Å²) in [5.41, 5.74) is 0.171. The van der Waals surface area contributed by atoms with E-state index in [1.165, 1.54) is 12.1 Å². The Morgan fingerprint density at radius 2 is 1.71 bits per heavy atom. The van der Waals surface area contributed by atoms with E-state index in [1.54, 1.807) is 17.8 Å². The lowest BCUT2D eigenvalue weighted by Crippen LogP contribution is -2.40.